The number of carboxylic acids is 1. The van der Waals surface area contributed by atoms with Gasteiger partial charge in [-0.2, -0.15) is 8.42 Å². The lowest BCUT2D eigenvalue weighted by atomic mass is 9.74. The van der Waals surface area contributed by atoms with Crippen LogP contribution in [0.2, 0.25) is 0 Å². The molecule has 2 heterocycles. The lowest BCUT2D eigenvalue weighted by Gasteiger charge is -2.49. The van der Waals surface area contributed by atoms with Crippen LogP contribution in [0.4, 0.5) is 0 Å². The first-order valence-electron chi connectivity index (χ1n) is 8.55. The Balaban J connectivity index is 1.95. The number of aliphatic carboxylic acids is 1. The number of carbonyl (C=O) groups excluding carboxylic acids is 5. The molecule has 12 heteroatoms. The highest BCUT2D eigenvalue weighted by Gasteiger charge is 2.59. The van der Waals surface area contributed by atoms with Gasteiger partial charge in [-0.05, 0) is 25.2 Å². The van der Waals surface area contributed by atoms with Crippen molar-refractivity contribution in [1.29, 1.82) is 0 Å². The van der Waals surface area contributed by atoms with E-state index in [-0.39, 0.29) is 25.8 Å². The molecule has 2 aliphatic heterocycles. The molecular weight excluding hydrogens is 396 g/mol. The van der Waals surface area contributed by atoms with Crippen LogP contribution < -0.4 is 5.11 Å². The van der Waals surface area contributed by atoms with Gasteiger partial charge in [0.05, 0.1) is 5.97 Å². The highest BCUT2D eigenvalue weighted by molar-refractivity contribution is 7.86. The van der Waals surface area contributed by atoms with Gasteiger partial charge in [0.1, 0.15) is 10.8 Å². The maximum absolute atomic E-state index is 12.1. The summed E-state index contributed by atoms with van der Waals surface area (Å²) in [5.74, 6) is -5.48. The summed E-state index contributed by atoms with van der Waals surface area (Å²) < 4.78 is 33.8. The first-order valence-corrected chi connectivity index (χ1v) is 10.1. The van der Waals surface area contributed by atoms with E-state index >= 15 is 0 Å². The third-order valence-corrected chi connectivity index (χ3v) is 6.82. The standard InChI is InChI=1S/C16H18N2O9S/c19-11-1-2-12(20)17(11)8-9-5-6-16(15(23)24,10(7-9)28(25,26)27)18-13(21)3-4-14(18)22/h1-2,9-10H,3-8H2,(H,23,24)(H,25,26,27)/p-1. The topological polar surface area (TPSA) is 169 Å². The van der Waals surface area contributed by atoms with Gasteiger partial charge < -0.3 is 9.90 Å². The van der Waals surface area contributed by atoms with Crippen molar-refractivity contribution in [2.24, 2.45) is 5.92 Å². The summed E-state index contributed by atoms with van der Waals surface area (Å²) >= 11 is 0. The van der Waals surface area contributed by atoms with Gasteiger partial charge in [0.15, 0.2) is 0 Å². The molecule has 152 valence electrons. The predicted molar refractivity (Wildman–Crippen MR) is 87.4 cm³/mol. The van der Waals surface area contributed by atoms with Gasteiger partial charge in [0.25, 0.3) is 21.9 Å². The Hall–Kier alpha value is -2.60. The zero-order valence-electron chi connectivity index (χ0n) is 14.6. The molecule has 0 radical (unpaired) electrons. The Morgan fingerprint density at radius 1 is 1.14 bits per heavy atom. The van der Waals surface area contributed by atoms with Crippen molar-refractivity contribution in [3.63, 3.8) is 0 Å². The Morgan fingerprint density at radius 3 is 2.14 bits per heavy atom. The van der Waals surface area contributed by atoms with E-state index in [0.717, 1.165) is 17.1 Å². The van der Waals surface area contributed by atoms with Crippen LogP contribution in [-0.2, 0) is 34.1 Å². The van der Waals surface area contributed by atoms with Crippen molar-refractivity contribution in [3.8, 4) is 0 Å². The van der Waals surface area contributed by atoms with Crippen molar-refractivity contribution in [2.45, 2.75) is 42.9 Å². The minimum Gasteiger partial charge on any atom is -0.548 e. The van der Waals surface area contributed by atoms with E-state index in [2.05, 4.69) is 0 Å². The first-order chi connectivity index (χ1) is 13.0. The fourth-order valence-electron chi connectivity index (χ4n) is 4.21. The van der Waals surface area contributed by atoms with Crippen LogP contribution in [0.5, 0.6) is 0 Å². The Labute approximate surface area is 159 Å². The average molecular weight is 413 g/mol. The van der Waals surface area contributed by atoms with E-state index in [1.807, 2.05) is 0 Å². The minimum atomic E-state index is -5.03. The van der Waals surface area contributed by atoms with E-state index in [1.54, 1.807) is 0 Å². The molecule has 0 aromatic rings. The van der Waals surface area contributed by atoms with Crippen LogP contribution in [-0.4, -0.2) is 69.7 Å². The van der Waals surface area contributed by atoms with Crippen molar-refractivity contribution in [1.82, 2.24) is 9.80 Å². The third-order valence-electron chi connectivity index (χ3n) is 5.52. The summed E-state index contributed by atoms with van der Waals surface area (Å²) in [7, 11) is -5.03. The monoisotopic (exact) mass is 413 g/mol. The van der Waals surface area contributed by atoms with E-state index < -0.39 is 69.3 Å². The van der Waals surface area contributed by atoms with Crippen molar-refractivity contribution in [2.75, 3.05) is 6.54 Å². The van der Waals surface area contributed by atoms with Crippen molar-refractivity contribution < 1.29 is 42.0 Å². The molecule has 1 saturated carbocycles. The second kappa shape index (κ2) is 6.78. The van der Waals surface area contributed by atoms with E-state index in [1.165, 1.54) is 0 Å². The minimum absolute atomic E-state index is 0.00583. The molecule has 1 N–H and O–H groups in total. The molecule has 1 aliphatic carbocycles. The fourth-order valence-corrected chi connectivity index (χ4v) is 5.53. The number of carboxylic acid groups (broad SMARTS) is 1. The second-order valence-electron chi connectivity index (χ2n) is 7.10. The van der Waals surface area contributed by atoms with Crippen LogP contribution in [0.25, 0.3) is 0 Å². The first kappa shape index (κ1) is 20.1. The summed E-state index contributed by atoms with van der Waals surface area (Å²) in [5.41, 5.74) is -2.54. The number of amides is 4. The fraction of sp³-hybridized carbons (Fsp3) is 0.562. The lowest BCUT2D eigenvalue weighted by Crippen LogP contribution is -2.71. The number of hydrogen-bond acceptors (Lipinski definition) is 8. The maximum atomic E-state index is 12.1. The molecule has 4 amide bonds. The summed E-state index contributed by atoms with van der Waals surface area (Å²) in [6.45, 7) is -0.179. The summed E-state index contributed by atoms with van der Waals surface area (Å²) in [6.07, 6.45) is 0.618. The van der Waals surface area contributed by atoms with Crippen LogP contribution in [0.3, 0.4) is 0 Å². The predicted octanol–water partition coefficient (Wildman–Crippen LogP) is -2.39. The molecule has 0 aromatic carbocycles. The number of hydrogen-bond donors (Lipinski definition) is 1. The molecule has 28 heavy (non-hydrogen) atoms. The van der Waals surface area contributed by atoms with Gasteiger partial charge in [-0.3, -0.25) is 33.5 Å². The van der Waals surface area contributed by atoms with Gasteiger partial charge >= 0.3 is 0 Å². The van der Waals surface area contributed by atoms with Gasteiger partial charge in [-0.25, -0.2) is 0 Å². The summed E-state index contributed by atoms with van der Waals surface area (Å²) in [4.78, 5) is 61.0. The Kier molecular flexibility index (Phi) is 4.88. The van der Waals surface area contributed by atoms with Gasteiger partial charge in [0, 0.05) is 31.5 Å². The molecule has 0 bridgehead atoms. The highest BCUT2D eigenvalue weighted by Crippen LogP contribution is 2.42. The lowest BCUT2D eigenvalue weighted by molar-refractivity contribution is -0.319. The number of rotatable bonds is 5. The van der Waals surface area contributed by atoms with Crippen molar-refractivity contribution >= 4 is 39.7 Å². The number of nitrogens with zero attached hydrogens (tertiary/aromatic N) is 2. The van der Waals surface area contributed by atoms with Crippen LogP contribution in [0.1, 0.15) is 32.1 Å². The molecule has 11 nitrogen and oxygen atoms in total. The zero-order chi connectivity index (χ0) is 20.9. The summed E-state index contributed by atoms with van der Waals surface area (Å²) in [5, 5.41) is 9.97. The van der Waals surface area contributed by atoms with Gasteiger partial charge in [0.2, 0.25) is 11.8 Å². The Bertz CT molecular complexity index is 875. The van der Waals surface area contributed by atoms with Crippen LogP contribution in [0, 0.1) is 5.92 Å². The van der Waals surface area contributed by atoms with Crippen LogP contribution in [0.15, 0.2) is 12.2 Å². The van der Waals surface area contributed by atoms with Crippen LogP contribution >= 0.6 is 0 Å². The number of carbonyl (C=O) groups is 5. The SMILES string of the molecule is O=C1C=CC(=O)N1CC1CCC(C(=O)[O-])(N2C(=O)CCC2=O)C(S(=O)(=O)O)C1. The van der Waals surface area contributed by atoms with E-state index in [0.29, 0.717) is 4.90 Å². The molecule has 3 rings (SSSR count). The number of likely N-dealkylation sites (tertiary alicyclic amines) is 1. The third kappa shape index (κ3) is 3.11. The molecule has 1 saturated heterocycles. The smallest absolute Gasteiger partial charge is 0.270 e. The normalized spacial score (nSPS) is 31.2. The van der Waals surface area contributed by atoms with Gasteiger partial charge in [-0.15, -0.1) is 0 Å². The molecule has 0 aromatic heterocycles. The van der Waals surface area contributed by atoms with E-state index in [4.69, 9.17) is 0 Å². The number of imide groups is 2. The molecule has 2 fully saturated rings. The molecule has 3 atom stereocenters. The Morgan fingerprint density at radius 2 is 1.68 bits per heavy atom. The molecular formula is C16H17N2O9S-. The molecule has 3 unspecified atom stereocenters. The highest BCUT2D eigenvalue weighted by atomic mass is 32.2. The molecule has 3 aliphatic rings. The maximum Gasteiger partial charge on any atom is 0.270 e. The van der Waals surface area contributed by atoms with Gasteiger partial charge in [-0.1, -0.05) is 0 Å². The summed E-state index contributed by atoms with van der Waals surface area (Å²) in [6, 6.07) is 0. The largest absolute Gasteiger partial charge is 0.548 e. The average Bonchev–Trinajstić information content (AvgIpc) is 3.10. The van der Waals surface area contributed by atoms with E-state index in [9.17, 15) is 42.0 Å². The van der Waals surface area contributed by atoms with Crippen molar-refractivity contribution in [3.05, 3.63) is 12.2 Å². The quantitative estimate of drug-likeness (QED) is 0.381. The zero-order valence-corrected chi connectivity index (χ0v) is 15.4. The second-order valence-corrected chi connectivity index (χ2v) is 8.70. The molecule has 0 spiro atoms.